The zero-order valence-corrected chi connectivity index (χ0v) is 19.6. The molecular formula is C26H24ClN3O2S. The molecule has 0 spiro atoms. The number of carbonyl (C=O) groups excluding carboxylic acids is 2. The molecule has 3 aromatic carbocycles. The summed E-state index contributed by atoms with van der Waals surface area (Å²) in [4.78, 5) is 29.6. The number of aryl methyl sites for hydroxylation is 1. The molecule has 3 aromatic rings. The third kappa shape index (κ3) is 5.59. The van der Waals surface area contributed by atoms with Crippen LogP contribution in [0.5, 0.6) is 0 Å². The molecule has 1 N–H and O–H groups in total. The van der Waals surface area contributed by atoms with Crippen molar-refractivity contribution >= 4 is 52.1 Å². The van der Waals surface area contributed by atoms with Gasteiger partial charge in [0.2, 0.25) is 5.91 Å². The Morgan fingerprint density at radius 1 is 0.939 bits per heavy atom. The third-order valence-corrected chi connectivity index (χ3v) is 6.22. The molecule has 0 bridgehead atoms. The molecule has 0 radical (unpaired) electrons. The van der Waals surface area contributed by atoms with Crippen LogP contribution in [0, 0.1) is 0 Å². The quantitative estimate of drug-likeness (QED) is 0.447. The Kier molecular flexibility index (Phi) is 7.37. The topological polar surface area (TPSA) is 52.7 Å². The van der Waals surface area contributed by atoms with E-state index in [9.17, 15) is 9.59 Å². The fourth-order valence-corrected chi connectivity index (χ4v) is 4.46. The average molecular weight is 478 g/mol. The Labute approximate surface area is 204 Å². The Morgan fingerprint density at radius 3 is 2.24 bits per heavy atom. The SMILES string of the molecule is O=C(C[C@@H]1C(=O)N(c2ccc(Cl)cc2)C(=S)N1CCCc1ccccc1)Nc1ccccc1. The summed E-state index contributed by atoms with van der Waals surface area (Å²) in [6.45, 7) is 0.576. The van der Waals surface area contributed by atoms with Crippen molar-refractivity contribution in [3.05, 3.63) is 95.5 Å². The number of thiocarbonyl (C=S) groups is 1. The lowest BCUT2D eigenvalue weighted by Gasteiger charge is -2.24. The molecular weight excluding hydrogens is 454 g/mol. The number of nitrogens with one attached hydrogen (secondary N) is 1. The first-order valence-electron chi connectivity index (χ1n) is 10.8. The average Bonchev–Trinajstić information content (AvgIpc) is 3.05. The molecule has 33 heavy (non-hydrogen) atoms. The second-order valence-corrected chi connectivity index (χ2v) is 8.65. The standard InChI is InChI=1S/C26H24ClN3O2S/c27-20-13-15-22(16-14-20)30-25(32)23(18-24(31)28-21-11-5-2-6-12-21)29(26(30)33)17-7-10-19-8-3-1-4-9-19/h1-6,8-9,11-16,23H,7,10,17-18H2,(H,28,31)/t23-/m1/s1. The highest BCUT2D eigenvalue weighted by atomic mass is 35.5. The van der Waals surface area contributed by atoms with Gasteiger partial charge in [-0.15, -0.1) is 0 Å². The maximum Gasteiger partial charge on any atom is 0.256 e. The lowest BCUT2D eigenvalue weighted by atomic mass is 10.1. The maximum absolute atomic E-state index is 13.4. The van der Waals surface area contributed by atoms with Crippen LogP contribution in [0.1, 0.15) is 18.4 Å². The summed E-state index contributed by atoms with van der Waals surface area (Å²) < 4.78 is 0. The number of rotatable bonds is 8. The van der Waals surface area contributed by atoms with Gasteiger partial charge in [0, 0.05) is 17.3 Å². The number of halogens is 1. The van der Waals surface area contributed by atoms with Gasteiger partial charge < -0.3 is 10.2 Å². The molecule has 0 unspecified atom stereocenters. The fraction of sp³-hybridized carbons (Fsp3) is 0.192. The molecule has 7 heteroatoms. The highest BCUT2D eigenvalue weighted by molar-refractivity contribution is 7.80. The molecule has 0 aliphatic carbocycles. The number of anilines is 2. The first-order chi connectivity index (χ1) is 16.0. The summed E-state index contributed by atoms with van der Waals surface area (Å²) in [5.74, 6) is -0.432. The molecule has 1 atom stereocenters. The van der Waals surface area contributed by atoms with Crippen LogP contribution >= 0.6 is 23.8 Å². The zero-order valence-electron chi connectivity index (χ0n) is 18.0. The van der Waals surface area contributed by atoms with Gasteiger partial charge in [-0.1, -0.05) is 60.1 Å². The number of amides is 2. The summed E-state index contributed by atoms with van der Waals surface area (Å²) in [5, 5.41) is 3.86. The Morgan fingerprint density at radius 2 is 1.58 bits per heavy atom. The lowest BCUT2D eigenvalue weighted by molar-refractivity contribution is -0.124. The summed E-state index contributed by atoms with van der Waals surface area (Å²) >= 11 is 11.7. The van der Waals surface area contributed by atoms with E-state index in [4.69, 9.17) is 23.8 Å². The van der Waals surface area contributed by atoms with Gasteiger partial charge in [-0.25, -0.2) is 0 Å². The molecule has 1 aliphatic rings. The van der Waals surface area contributed by atoms with Gasteiger partial charge in [-0.3, -0.25) is 14.5 Å². The van der Waals surface area contributed by atoms with Crippen LogP contribution in [0.2, 0.25) is 5.02 Å². The molecule has 168 valence electrons. The molecule has 5 nitrogen and oxygen atoms in total. The van der Waals surface area contributed by atoms with Gasteiger partial charge in [-0.2, -0.15) is 0 Å². The van der Waals surface area contributed by atoms with E-state index >= 15 is 0 Å². The van der Waals surface area contributed by atoms with E-state index in [2.05, 4.69) is 17.4 Å². The van der Waals surface area contributed by atoms with Crippen LogP contribution in [-0.4, -0.2) is 34.4 Å². The predicted octanol–water partition coefficient (Wildman–Crippen LogP) is 5.30. The van der Waals surface area contributed by atoms with Crippen molar-refractivity contribution in [2.24, 2.45) is 0 Å². The Bertz CT molecular complexity index is 1120. The molecule has 1 aliphatic heterocycles. The van der Waals surface area contributed by atoms with Crippen molar-refractivity contribution in [1.82, 2.24) is 4.90 Å². The van der Waals surface area contributed by atoms with Gasteiger partial charge in [0.05, 0.1) is 12.1 Å². The minimum absolute atomic E-state index is 0.0172. The maximum atomic E-state index is 13.4. The molecule has 1 saturated heterocycles. The predicted molar refractivity (Wildman–Crippen MR) is 136 cm³/mol. The van der Waals surface area contributed by atoms with E-state index < -0.39 is 6.04 Å². The van der Waals surface area contributed by atoms with E-state index in [0.29, 0.717) is 28.1 Å². The van der Waals surface area contributed by atoms with Crippen LogP contribution < -0.4 is 10.2 Å². The fourth-order valence-electron chi connectivity index (χ4n) is 3.92. The van der Waals surface area contributed by atoms with E-state index in [1.54, 1.807) is 24.3 Å². The largest absolute Gasteiger partial charge is 0.336 e. The number of hydrogen-bond donors (Lipinski definition) is 1. The van der Waals surface area contributed by atoms with Gasteiger partial charge in [0.1, 0.15) is 6.04 Å². The summed E-state index contributed by atoms with van der Waals surface area (Å²) in [6.07, 6.45) is 1.68. The second kappa shape index (κ2) is 10.6. The third-order valence-electron chi connectivity index (χ3n) is 5.55. The highest BCUT2D eigenvalue weighted by Gasteiger charge is 2.43. The van der Waals surface area contributed by atoms with E-state index in [-0.39, 0.29) is 18.2 Å². The van der Waals surface area contributed by atoms with Crippen LogP contribution in [0.4, 0.5) is 11.4 Å². The van der Waals surface area contributed by atoms with Crippen LogP contribution in [0.3, 0.4) is 0 Å². The molecule has 0 aromatic heterocycles. The van der Waals surface area contributed by atoms with Crippen LogP contribution in [0.15, 0.2) is 84.9 Å². The Balaban J connectivity index is 1.51. The zero-order chi connectivity index (χ0) is 23.2. The number of para-hydroxylation sites is 1. The molecule has 4 rings (SSSR count). The van der Waals surface area contributed by atoms with Gasteiger partial charge in [-0.05, 0) is 67.0 Å². The van der Waals surface area contributed by atoms with E-state index in [0.717, 1.165) is 12.8 Å². The van der Waals surface area contributed by atoms with Crippen molar-refractivity contribution in [2.75, 3.05) is 16.8 Å². The monoisotopic (exact) mass is 477 g/mol. The van der Waals surface area contributed by atoms with Crippen molar-refractivity contribution in [3.8, 4) is 0 Å². The first kappa shape index (κ1) is 23.0. The van der Waals surface area contributed by atoms with Crippen LogP contribution in [0.25, 0.3) is 0 Å². The molecule has 2 amide bonds. The number of nitrogens with zero attached hydrogens (tertiary/aromatic N) is 2. The van der Waals surface area contributed by atoms with E-state index in [1.165, 1.54) is 10.5 Å². The number of hydrogen-bond acceptors (Lipinski definition) is 3. The molecule has 1 heterocycles. The number of carbonyl (C=O) groups is 2. The normalized spacial score (nSPS) is 15.7. The smallest absolute Gasteiger partial charge is 0.256 e. The van der Waals surface area contributed by atoms with Crippen molar-refractivity contribution < 1.29 is 9.59 Å². The first-order valence-corrected chi connectivity index (χ1v) is 11.6. The highest BCUT2D eigenvalue weighted by Crippen LogP contribution is 2.29. The Hall–Kier alpha value is -3.22. The molecule has 0 saturated carbocycles. The van der Waals surface area contributed by atoms with Crippen molar-refractivity contribution in [3.63, 3.8) is 0 Å². The summed E-state index contributed by atoms with van der Waals surface area (Å²) in [7, 11) is 0. The summed E-state index contributed by atoms with van der Waals surface area (Å²) in [5.41, 5.74) is 2.57. The van der Waals surface area contributed by atoms with Gasteiger partial charge in [0.25, 0.3) is 5.91 Å². The van der Waals surface area contributed by atoms with Crippen LogP contribution in [-0.2, 0) is 16.0 Å². The summed E-state index contributed by atoms with van der Waals surface area (Å²) in [6, 6.07) is 25.7. The van der Waals surface area contributed by atoms with Crippen molar-refractivity contribution in [2.45, 2.75) is 25.3 Å². The van der Waals surface area contributed by atoms with Gasteiger partial charge in [0.15, 0.2) is 5.11 Å². The molecule has 1 fully saturated rings. The number of benzene rings is 3. The second-order valence-electron chi connectivity index (χ2n) is 7.85. The lowest BCUT2D eigenvalue weighted by Crippen LogP contribution is -2.38. The van der Waals surface area contributed by atoms with Crippen molar-refractivity contribution in [1.29, 1.82) is 0 Å². The van der Waals surface area contributed by atoms with E-state index in [1.807, 2.05) is 53.4 Å². The van der Waals surface area contributed by atoms with Gasteiger partial charge >= 0.3 is 0 Å². The minimum atomic E-state index is -0.660. The minimum Gasteiger partial charge on any atom is -0.336 e.